The van der Waals surface area contributed by atoms with Gasteiger partial charge in [0, 0.05) is 34.9 Å². The number of hydrogen-bond acceptors (Lipinski definition) is 5. The number of rotatable bonds is 8. The lowest BCUT2D eigenvalue weighted by atomic mass is 10.1. The van der Waals surface area contributed by atoms with E-state index in [1.165, 1.54) is 28.4 Å². The van der Waals surface area contributed by atoms with E-state index >= 15 is 0 Å². The Labute approximate surface area is 91.3 Å². The largest absolute Gasteiger partial charge is 0.393 e. The molecule has 1 N–H and O–H groups in total. The highest BCUT2D eigenvalue weighted by Crippen LogP contribution is 2.24. The third-order valence-corrected chi connectivity index (χ3v) is 2.49. The quantitative estimate of drug-likeness (QED) is 0.614. The summed E-state index contributed by atoms with van der Waals surface area (Å²) in [5.74, 6) is -1.26. The van der Waals surface area contributed by atoms with Crippen molar-refractivity contribution in [3.05, 3.63) is 0 Å². The van der Waals surface area contributed by atoms with Crippen molar-refractivity contribution in [2.75, 3.05) is 28.4 Å². The molecule has 0 saturated heterocycles. The second-order valence-corrected chi connectivity index (χ2v) is 3.24. The van der Waals surface area contributed by atoms with Crippen LogP contribution >= 0.6 is 0 Å². The summed E-state index contributed by atoms with van der Waals surface area (Å²) >= 11 is 0. The molecular weight excluding hydrogens is 200 g/mol. The molecule has 0 aromatic rings. The number of ether oxygens (including phenoxy) is 4. The summed E-state index contributed by atoms with van der Waals surface area (Å²) in [6, 6.07) is 0. The average Bonchev–Trinajstić information content (AvgIpc) is 2.29. The predicted octanol–water partition coefficient (Wildman–Crippen LogP) is 0.755. The summed E-state index contributed by atoms with van der Waals surface area (Å²) in [6.07, 6.45) is 0.0949. The van der Waals surface area contributed by atoms with Gasteiger partial charge in [-0.05, 0) is 6.42 Å². The van der Waals surface area contributed by atoms with Crippen LogP contribution in [-0.4, -0.2) is 51.7 Å². The Morgan fingerprint density at radius 1 is 1.07 bits per heavy atom. The lowest BCUT2D eigenvalue weighted by molar-refractivity contribution is -0.393. The Hall–Kier alpha value is -0.200. The van der Waals surface area contributed by atoms with Gasteiger partial charge in [0.2, 0.25) is 0 Å². The van der Waals surface area contributed by atoms with E-state index in [0.717, 1.165) is 0 Å². The van der Waals surface area contributed by atoms with Crippen molar-refractivity contribution in [2.45, 2.75) is 37.9 Å². The molecule has 0 aromatic carbocycles. The molecule has 0 amide bonds. The first-order valence-corrected chi connectivity index (χ1v) is 4.96. The fraction of sp³-hybridized carbons (Fsp3) is 1.00. The molecule has 0 fully saturated rings. The van der Waals surface area contributed by atoms with Crippen LogP contribution in [0.5, 0.6) is 0 Å². The standard InChI is InChI=1S/C10H22O5/c1-6-8(11)7-9(12-2)10(13-3,14-4)15-5/h8-9,11H,6-7H2,1-5H3. The van der Waals surface area contributed by atoms with Crippen molar-refractivity contribution >= 4 is 0 Å². The van der Waals surface area contributed by atoms with Crippen molar-refractivity contribution in [3.63, 3.8) is 0 Å². The van der Waals surface area contributed by atoms with Crippen LogP contribution in [0.1, 0.15) is 19.8 Å². The zero-order chi connectivity index (χ0) is 11.9. The molecule has 0 aromatic heterocycles. The lowest BCUT2D eigenvalue weighted by Crippen LogP contribution is -2.50. The van der Waals surface area contributed by atoms with E-state index in [9.17, 15) is 5.11 Å². The highest BCUT2D eigenvalue weighted by molar-refractivity contribution is 4.74. The zero-order valence-corrected chi connectivity index (χ0v) is 10.1. The summed E-state index contributed by atoms with van der Waals surface area (Å²) in [5, 5.41) is 9.56. The molecule has 0 rings (SSSR count). The second-order valence-electron chi connectivity index (χ2n) is 3.24. The molecule has 0 aliphatic carbocycles. The summed E-state index contributed by atoms with van der Waals surface area (Å²) in [4.78, 5) is 0. The molecule has 15 heavy (non-hydrogen) atoms. The van der Waals surface area contributed by atoms with Gasteiger partial charge in [0.15, 0.2) is 0 Å². The first-order chi connectivity index (χ1) is 7.10. The Kier molecular flexibility index (Phi) is 7.04. The summed E-state index contributed by atoms with van der Waals surface area (Å²) < 4.78 is 20.7. The highest BCUT2D eigenvalue weighted by atomic mass is 16.9. The van der Waals surface area contributed by atoms with Crippen LogP contribution in [0.2, 0.25) is 0 Å². The molecule has 0 heterocycles. The Bertz CT molecular complexity index is 150. The third kappa shape index (κ3) is 3.70. The van der Waals surface area contributed by atoms with Crippen LogP contribution in [0.3, 0.4) is 0 Å². The first-order valence-electron chi connectivity index (χ1n) is 4.96. The minimum atomic E-state index is -1.26. The van der Waals surface area contributed by atoms with Gasteiger partial charge >= 0.3 is 5.97 Å². The third-order valence-electron chi connectivity index (χ3n) is 2.49. The molecule has 0 spiro atoms. The van der Waals surface area contributed by atoms with Crippen LogP contribution < -0.4 is 0 Å². The smallest absolute Gasteiger partial charge is 0.310 e. The highest BCUT2D eigenvalue weighted by Gasteiger charge is 2.41. The van der Waals surface area contributed by atoms with E-state index in [0.29, 0.717) is 12.8 Å². The number of hydrogen-bond donors (Lipinski definition) is 1. The average molecular weight is 222 g/mol. The Morgan fingerprint density at radius 2 is 1.53 bits per heavy atom. The fourth-order valence-corrected chi connectivity index (χ4v) is 1.44. The number of aliphatic hydroxyl groups excluding tert-OH is 1. The Morgan fingerprint density at radius 3 is 1.80 bits per heavy atom. The molecule has 0 bridgehead atoms. The lowest BCUT2D eigenvalue weighted by Gasteiger charge is -2.35. The molecule has 2 unspecified atom stereocenters. The van der Waals surface area contributed by atoms with Crippen molar-refractivity contribution in [3.8, 4) is 0 Å². The van der Waals surface area contributed by atoms with E-state index in [-0.39, 0.29) is 0 Å². The van der Waals surface area contributed by atoms with Crippen molar-refractivity contribution in [1.82, 2.24) is 0 Å². The van der Waals surface area contributed by atoms with E-state index in [1.54, 1.807) is 0 Å². The van der Waals surface area contributed by atoms with Gasteiger partial charge in [-0.3, -0.25) is 0 Å². The second kappa shape index (κ2) is 7.14. The van der Waals surface area contributed by atoms with Crippen LogP contribution in [0.4, 0.5) is 0 Å². The topological polar surface area (TPSA) is 57.2 Å². The van der Waals surface area contributed by atoms with Gasteiger partial charge in [0.05, 0.1) is 6.10 Å². The number of aliphatic hydroxyl groups is 1. The van der Waals surface area contributed by atoms with Crippen LogP contribution in [0.25, 0.3) is 0 Å². The molecular formula is C10H22O5. The van der Waals surface area contributed by atoms with E-state index in [4.69, 9.17) is 18.9 Å². The van der Waals surface area contributed by atoms with E-state index in [2.05, 4.69) is 0 Å². The summed E-state index contributed by atoms with van der Waals surface area (Å²) in [6.45, 7) is 1.89. The van der Waals surface area contributed by atoms with E-state index in [1.807, 2.05) is 6.92 Å². The van der Waals surface area contributed by atoms with Gasteiger partial charge in [-0.15, -0.1) is 0 Å². The zero-order valence-electron chi connectivity index (χ0n) is 10.1. The number of methoxy groups -OCH3 is 4. The first kappa shape index (κ1) is 14.8. The monoisotopic (exact) mass is 222 g/mol. The van der Waals surface area contributed by atoms with Gasteiger partial charge in [-0.1, -0.05) is 6.92 Å². The van der Waals surface area contributed by atoms with Crippen LogP contribution in [-0.2, 0) is 18.9 Å². The SMILES string of the molecule is CCC(O)CC(OC)C(OC)(OC)OC. The van der Waals surface area contributed by atoms with Crippen molar-refractivity contribution < 1.29 is 24.1 Å². The maximum absolute atomic E-state index is 9.56. The molecule has 0 aliphatic heterocycles. The summed E-state index contributed by atoms with van der Waals surface area (Å²) in [5.41, 5.74) is 0. The summed E-state index contributed by atoms with van der Waals surface area (Å²) in [7, 11) is 5.94. The van der Waals surface area contributed by atoms with E-state index < -0.39 is 18.2 Å². The van der Waals surface area contributed by atoms with Gasteiger partial charge < -0.3 is 24.1 Å². The van der Waals surface area contributed by atoms with Crippen LogP contribution in [0, 0.1) is 0 Å². The Balaban J connectivity index is 4.58. The van der Waals surface area contributed by atoms with Gasteiger partial charge in [0.1, 0.15) is 6.10 Å². The molecule has 2 atom stereocenters. The van der Waals surface area contributed by atoms with Gasteiger partial charge in [-0.2, -0.15) is 0 Å². The molecule has 0 saturated carbocycles. The molecule has 0 radical (unpaired) electrons. The maximum Gasteiger partial charge on any atom is 0.310 e. The predicted molar refractivity (Wildman–Crippen MR) is 55.5 cm³/mol. The molecule has 92 valence electrons. The van der Waals surface area contributed by atoms with Crippen molar-refractivity contribution in [1.29, 1.82) is 0 Å². The molecule has 0 aliphatic rings. The van der Waals surface area contributed by atoms with Crippen LogP contribution in [0.15, 0.2) is 0 Å². The maximum atomic E-state index is 9.56. The van der Waals surface area contributed by atoms with Gasteiger partial charge in [0.25, 0.3) is 0 Å². The van der Waals surface area contributed by atoms with Crippen molar-refractivity contribution in [2.24, 2.45) is 0 Å². The minimum absolute atomic E-state index is 0.391. The normalized spacial score (nSPS) is 16.4. The van der Waals surface area contributed by atoms with Gasteiger partial charge in [-0.25, -0.2) is 0 Å². The molecule has 5 nitrogen and oxygen atoms in total. The molecule has 5 heteroatoms. The fourth-order valence-electron chi connectivity index (χ4n) is 1.44. The minimum Gasteiger partial charge on any atom is -0.393 e.